The van der Waals surface area contributed by atoms with Crippen LogP contribution in [-0.4, -0.2) is 5.97 Å². The average Bonchev–Trinajstić information content (AvgIpc) is 2.39. The first-order valence-corrected chi connectivity index (χ1v) is 4.92. The Bertz CT molecular complexity index is 535. The van der Waals surface area contributed by atoms with E-state index in [4.69, 9.17) is 0 Å². The van der Waals surface area contributed by atoms with Crippen molar-refractivity contribution in [3.63, 3.8) is 0 Å². The number of esters is 1. The summed E-state index contributed by atoms with van der Waals surface area (Å²) in [7, 11) is 0. The van der Waals surface area contributed by atoms with Crippen molar-refractivity contribution in [1.29, 1.82) is 0 Å². The lowest BCUT2D eigenvalue weighted by Gasteiger charge is -2.06. The van der Waals surface area contributed by atoms with E-state index in [2.05, 4.69) is 4.74 Å². The summed E-state index contributed by atoms with van der Waals surface area (Å²) < 4.78 is 68.6. The Labute approximate surface area is 104 Å². The maximum atomic E-state index is 13.1. The molecule has 0 fully saturated rings. The topological polar surface area (TPSA) is 26.3 Å². The molecule has 1 rings (SSSR count). The lowest BCUT2D eigenvalue weighted by molar-refractivity contribution is -0.129. The summed E-state index contributed by atoms with van der Waals surface area (Å²) in [5, 5.41) is 0. The third-order valence-corrected chi connectivity index (χ3v) is 1.91. The number of ether oxygens (including phenoxy) is 1. The maximum Gasteiger partial charge on any atom is 0.336 e. The van der Waals surface area contributed by atoms with Gasteiger partial charge in [-0.05, 0) is 6.92 Å². The van der Waals surface area contributed by atoms with Crippen molar-refractivity contribution in [3.05, 3.63) is 53.4 Å². The molecule has 0 N–H and O–H groups in total. The van der Waals surface area contributed by atoms with Crippen LogP contribution < -0.4 is 4.74 Å². The van der Waals surface area contributed by atoms with Crippen LogP contribution in [0.25, 0.3) is 0 Å². The van der Waals surface area contributed by atoms with Gasteiger partial charge in [0.1, 0.15) is 0 Å². The summed E-state index contributed by atoms with van der Waals surface area (Å²) in [6, 6.07) is 0. The second-order valence-electron chi connectivity index (χ2n) is 3.21. The Morgan fingerprint density at radius 2 is 1.37 bits per heavy atom. The molecule has 0 spiro atoms. The number of halogens is 5. The minimum atomic E-state index is -2.32. The SMILES string of the molecule is C/C=C/C=C/C(=O)Oc1c(F)c(F)c(F)c(F)c1F. The molecule has 1 aromatic carbocycles. The molecule has 0 unspecified atom stereocenters. The van der Waals surface area contributed by atoms with E-state index in [9.17, 15) is 26.7 Å². The highest BCUT2D eigenvalue weighted by molar-refractivity contribution is 5.84. The Kier molecular flexibility index (Phi) is 4.80. The van der Waals surface area contributed by atoms with Crippen LogP contribution in [0.5, 0.6) is 5.75 Å². The van der Waals surface area contributed by atoms with Crippen molar-refractivity contribution < 1.29 is 31.5 Å². The van der Waals surface area contributed by atoms with Gasteiger partial charge in [0.05, 0.1) is 0 Å². The highest BCUT2D eigenvalue weighted by Crippen LogP contribution is 2.29. The Morgan fingerprint density at radius 3 is 1.84 bits per heavy atom. The Hall–Kier alpha value is -2.18. The highest BCUT2D eigenvalue weighted by atomic mass is 19.2. The van der Waals surface area contributed by atoms with E-state index in [1.54, 1.807) is 13.0 Å². The summed E-state index contributed by atoms with van der Waals surface area (Å²) >= 11 is 0. The summed E-state index contributed by atoms with van der Waals surface area (Å²) in [6.07, 6.45) is 4.88. The summed E-state index contributed by atoms with van der Waals surface area (Å²) in [5.41, 5.74) is 0. The smallest absolute Gasteiger partial charge is 0.336 e. The molecule has 0 heterocycles. The first kappa shape index (κ1) is 14.9. The maximum absolute atomic E-state index is 13.1. The van der Waals surface area contributed by atoms with Crippen LogP contribution in [0.1, 0.15) is 6.92 Å². The van der Waals surface area contributed by atoms with Gasteiger partial charge < -0.3 is 4.74 Å². The number of hydrogen-bond acceptors (Lipinski definition) is 2. The fraction of sp³-hybridized carbons (Fsp3) is 0.0833. The Balaban J connectivity index is 3.12. The number of carbonyl (C=O) groups is 1. The molecule has 2 nitrogen and oxygen atoms in total. The van der Waals surface area contributed by atoms with Gasteiger partial charge in [0.25, 0.3) is 0 Å². The van der Waals surface area contributed by atoms with E-state index in [1.807, 2.05) is 0 Å². The minimum Gasteiger partial charge on any atom is -0.417 e. The molecule has 19 heavy (non-hydrogen) atoms. The van der Waals surface area contributed by atoms with Crippen LogP contribution >= 0.6 is 0 Å². The van der Waals surface area contributed by atoms with Gasteiger partial charge in [0.15, 0.2) is 0 Å². The van der Waals surface area contributed by atoms with Crippen LogP contribution in [0.2, 0.25) is 0 Å². The van der Waals surface area contributed by atoms with E-state index in [-0.39, 0.29) is 0 Å². The van der Waals surface area contributed by atoms with Crippen LogP contribution in [0.3, 0.4) is 0 Å². The molecule has 0 amide bonds. The molecule has 0 aliphatic heterocycles. The van der Waals surface area contributed by atoms with Crippen molar-refractivity contribution in [2.24, 2.45) is 0 Å². The molecule has 102 valence electrons. The van der Waals surface area contributed by atoms with Crippen molar-refractivity contribution in [2.45, 2.75) is 6.92 Å². The fourth-order valence-electron chi connectivity index (χ4n) is 1.05. The third-order valence-electron chi connectivity index (χ3n) is 1.91. The predicted molar refractivity (Wildman–Crippen MR) is 55.8 cm³/mol. The monoisotopic (exact) mass is 278 g/mol. The summed E-state index contributed by atoms with van der Waals surface area (Å²) in [6.45, 7) is 1.64. The van der Waals surface area contributed by atoms with Crippen LogP contribution in [0, 0.1) is 29.1 Å². The van der Waals surface area contributed by atoms with Crippen molar-refractivity contribution in [2.75, 3.05) is 0 Å². The lowest BCUT2D eigenvalue weighted by Crippen LogP contribution is -2.11. The minimum absolute atomic E-state index is 0.762. The second-order valence-corrected chi connectivity index (χ2v) is 3.21. The van der Waals surface area contributed by atoms with Gasteiger partial charge in [-0.25, -0.2) is 18.0 Å². The van der Waals surface area contributed by atoms with Gasteiger partial charge >= 0.3 is 5.97 Å². The van der Waals surface area contributed by atoms with Gasteiger partial charge in [-0.1, -0.05) is 18.2 Å². The molecule has 0 saturated heterocycles. The van der Waals surface area contributed by atoms with E-state index in [0.29, 0.717) is 0 Å². The van der Waals surface area contributed by atoms with Gasteiger partial charge in [-0.3, -0.25) is 0 Å². The number of benzene rings is 1. The van der Waals surface area contributed by atoms with Crippen molar-refractivity contribution in [1.82, 2.24) is 0 Å². The van der Waals surface area contributed by atoms with E-state index in [1.165, 1.54) is 12.2 Å². The molecule has 1 aromatic rings. The Morgan fingerprint density at radius 1 is 0.895 bits per heavy atom. The number of carbonyl (C=O) groups excluding carboxylic acids is 1. The van der Waals surface area contributed by atoms with Gasteiger partial charge in [0.2, 0.25) is 34.8 Å². The van der Waals surface area contributed by atoms with E-state index < -0.39 is 40.8 Å². The molecule has 0 bridgehead atoms. The molecule has 0 aromatic heterocycles. The first-order chi connectivity index (χ1) is 8.90. The zero-order valence-corrected chi connectivity index (χ0v) is 9.52. The highest BCUT2D eigenvalue weighted by Gasteiger charge is 2.28. The average molecular weight is 278 g/mol. The predicted octanol–water partition coefficient (Wildman–Crippen LogP) is 3.42. The number of allylic oxidation sites excluding steroid dienone is 3. The zero-order valence-electron chi connectivity index (χ0n) is 9.52. The fourth-order valence-corrected chi connectivity index (χ4v) is 1.05. The molecule has 0 saturated carbocycles. The molecule has 7 heteroatoms. The molecule has 0 aliphatic rings. The third kappa shape index (κ3) is 3.18. The van der Waals surface area contributed by atoms with E-state index in [0.717, 1.165) is 6.08 Å². The second kappa shape index (κ2) is 6.12. The largest absolute Gasteiger partial charge is 0.417 e. The summed E-state index contributed by atoms with van der Waals surface area (Å²) in [5.74, 6) is -14.0. The van der Waals surface area contributed by atoms with Crippen molar-refractivity contribution in [3.8, 4) is 5.75 Å². The molecule has 0 atom stereocenters. The molecular weight excluding hydrogens is 271 g/mol. The molecular formula is C12H7F5O2. The zero-order chi connectivity index (χ0) is 14.6. The van der Waals surface area contributed by atoms with Crippen LogP contribution in [0.4, 0.5) is 22.0 Å². The normalized spacial score (nSPS) is 11.5. The standard InChI is InChI=1S/C12H7F5O2/c1-2-3-4-5-6(18)19-12-10(16)8(14)7(13)9(15)11(12)17/h2-5H,1H3/b3-2+,5-4+. The van der Waals surface area contributed by atoms with Gasteiger partial charge in [0, 0.05) is 6.08 Å². The quantitative estimate of drug-likeness (QED) is 0.161. The summed E-state index contributed by atoms with van der Waals surface area (Å²) in [4.78, 5) is 11.1. The first-order valence-electron chi connectivity index (χ1n) is 4.92. The molecule has 0 aliphatic carbocycles. The van der Waals surface area contributed by atoms with Gasteiger partial charge in [-0.2, -0.15) is 8.78 Å². The van der Waals surface area contributed by atoms with Crippen LogP contribution in [0.15, 0.2) is 24.3 Å². The number of hydrogen-bond donors (Lipinski definition) is 0. The number of rotatable bonds is 3. The van der Waals surface area contributed by atoms with Gasteiger partial charge in [-0.15, -0.1) is 0 Å². The molecule has 0 radical (unpaired) electrons. The lowest BCUT2D eigenvalue weighted by atomic mass is 10.2. The van der Waals surface area contributed by atoms with Crippen molar-refractivity contribution >= 4 is 5.97 Å². The van der Waals surface area contributed by atoms with Crippen LogP contribution in [-0.2, 0) is 4.79 Å². The van der Waals surface area contributed by atoms with E-state index >= 15 is 0 Å².